The number of hydrogen-bond acceptors (Lipinski definition) is 3. The Morgan fingerprint density at radius 3 is 2.85 bits per heavy atom. The van der Waals surface area contributed by atoms with Gasteiger partial charge < -0.3 is 9.84 Å². The fraction of sp³-hybridized carbons (Fsp3) is 0.909. The number of nitrogens with zero attached hydrogens (tertiary/aromatic N) is 1. The number of hydrogen-bond donors (Lipinski definition) is 1. The van der Waals surface area contributed by atoms with Crippen LogP contribution in [0.3, 0.4) is 0 Å². The monoisotopic (exact) mass is 379 g/mol. The Bertz CT molecular complexity index is 640. The Balaban J connectivity index is 0.00000150. The fourth-order valence-corrected chi connectivity index (χ4v) is 9.31. The second-order valence-corrected chi connectivity index (χ2v) is 10.6. The molecule has 0 aromatic carbocycles. The summed E-state index contributed by atoms with van der Waals surface area (Å²) in [7, 11) is 0. The van der Waals surface area contributed by atoms with Gasteiger partial charge >= 0.3 is 0 Å². The maximum absolute atomic E-state index is 11.3. The van der Waals surface area contributed by atoms with Gasteiger partial charge in [-0.3, -0.25) is 4.90 Å². The summed E-state index contributed by atoms with van der Waals surface area (Å²) in [5, 5.41) is 11.3. The molecule has 4 bridgehead atoms. The zero-order chi connectivity index (χ0) is 17.0. The van der Waals surface area contributed by atoms with Gasteiger partial charge in [0.2, 0.25) is 0 Å². The van der Waals surface area contributed by atoms with Crippen LogP contribution in [0.5, 0.6) is 0 Å². The maximum Gasteiger partial charge on any atom is 0.117 e. The quantitative estimate of drug-likeness (QED) is 0.646. The van der Waals surface area contributed by atoms with Gasteiger partial charge in [-0.2, -0.15) is 0 Å². The molecule has 0 radical (unpaired) electrons. The molecular formula is C22H34ClNO2. The Morgan fingerprint density at radius 1 is 1.15 bits per heavy atom. The normalized spacial score (nSPS) is 57.8. The van der Waals surface area contributed by atoms with Crippen molar-refractivity contribution < 1.29 is 9.84 Å². The van der Waals surface area contributed by atoms with Gasteiger partial charge in [0, 0.05) is 23.9 Å². The second-order valence-electron chi connectivity index (χ2n) is 10.6. The van der Waals surface area contributed by atoms with Crippen LogP contribution in [-0.2, 0) is 4.74 Å². The number of halogens is 1. The van der Waals surface area contributed by atoms with Crippen molar-refractivity contribution in [1.82, 2.24) is 4.90 Å². The van der Waals surface area contributed by atoms with Crippen molar-refractivity contribution in [1.29, 1.82) is 0 Å². The van der Waals surface area contributed by atoms with E-state index in [0.717, 1.165) is 24.6 Å². The molecule has 6 aliphatic rings. The molecule has 2 saturated heterocycles. The zero-order valence-corrected chi connectivity index (χ0v) is 16.9. The molecule has 4 saturated carbocycles. The molecule has 6 unspecified atom stereocenters. The van der Waals surface area contributed by atoms with Crippen LogP contribution >= 0.6 is 12.4 Å². The average Bonchev–Trinajstić information content (AvgIpc) is 3.12. The molecule has 2 aliphatic heterocycles. The molecule has 1 N–H and O–H groups in total. The van der Waals surface area contributed by atoms with Gasteiger partial charge in [0.1, 0.15) is 6.23 Å². The smallest absolute Gasteiger partial charge is 0.117 e. The lowest BCUT2D eigenvalue weighted by Gasteiger charge is -2.70. The number of rotatable bonds is 0. The van der Waals surface area contributed by atoms with Crippen LogP contribution in [0.15, 0.2) is 12.2 Å². The minimum atomic E-state index is -0.259. The predicted octanol–water partition coefficient (Wildman–Crippen LogP) is 4.00. The third kappa shape index (κ3) is 1.83. The molecule has 4 aliphatic carbocycles. The van der Waals surface area contributed by atoms with Crippen LogP contribution in [0.2, 0.25) is 0 Å². The molecule has 3 nitrogen and oxygen atoms in total. The van der Waals surface area contributed by atoms with E-state index >= 15 is 0 Å². The first-order chi connectivity index (χ1) is 12.0. The highest BCUT2D eigenvalue weighted by Gasteiger charge is 2.73. The van der Waals surface area contributed by atoms with Gasteiger partial charge in [0.05, 0.1) is 12.7 Å². The number of fused-ring (bicyclic) bond motifs is 2. The van der Waals surface area contributed by atoms with E-state index in [1.807, 2.05) is 0 Å². The highest BCUT2D eigenvalue weighted by Crippen LogP contribution is 2.75. The summed E-state index contributed by atoms with van der Waals surface area (Å²) in [5.74, 6) is 2.01. The highest BCUT2D eigenvalue weighted by atomic mass is 35.5. The van der Waals surface area contributed by atoms with Crippen LogP contribution in [0.1, 0.15) is 58.3 Å². The number of aliphatic hydroxyl groups excluding tert-OH is 1. The van der Waals surface area contributed by atoms with E-state index in [4.69, 9.17) is 4.74 Å². The van der Waals surface area contributed by atoms with Crippen molar-refractivity contribution in [2.45, 2.75) is 70.6 Å². The largest absolute Gasteiger partial charge is 0.388 e. The third-order valence-corrected chi connectivity index (χ3v) is 9.95. The van der Waals surface area contributed by atoms with E-state index in [0.29, 0.717) is 23.5 Å². The van der Waals surface area contributed by atoms with Gasteiger partial charge in [-0.15, -0.1) is 12.4 Å². The Hall–Kier alpha value is -0.0900. The Labute approximate surface area is 163 Å². The van der Waals surface area contributed by atoms with Gasteiger partial charge in [0.15, 0.2) is 0 Å². The molecule has 0 aromatic heterocycles. The molecule has 146 valence electrons. The van der Waals surface area contributed by atoms with E-state index in [1.165, 1.54) is 57.9 Å². The van der Waals surface area contributed by atoms with Crippen LogP contribution < -0.4 is 0 Å². The average molecular weight is 380 g/mol. The number of aliphatic hydroxyl groups is 1. The molecule has 4 heteroatoms. The lowest BCUT2D eigenvalue weighted by atomic mass is 9.38. The fourth-order valence-electron chi connectivity index (χ4n) is 9.31. The van der Waals surface area contributed by atoms with Crippen molar-refractivity contribution in [3.63, 3.8) is 0 Å². The molecule has 0 aromatic rings. The van der Waals surface area contributed by atoms with E-state index < -0.39 is 0 Å². The first-order valence-corrected chi connectivity index (χ1v) is 10.7. The SMILES string of the molecule is C=C1C2CCC3C45CCC[C@@](C)(CN6CCOC64)C5CCC3(C2)[C@H]1O.Cl. The molecule has 0 amide bonds. The standard InChI is InChI=1S/C22H33NO2.ClH/c1-14-15-4-5-17-21(12-15,18(14)24)9-6-16-20(2)7-3-8-22(16,17)19-23(13-20)10-11-25-19;/h15-19,24H,1,3-13H2,2H3;1H/t15?,16?,17?,18-,19?,20-,21?,22?;/m0./s1. The molecule has 6 fully saturated rings. The predicted molar refractivity (Wildman–Crippen MR) is 104 cm³/mol. The van der Waals surface area contributed by atoms with Crippen molar-refractivity contribution in [3.05, 3.63) is 12.2 Å². The van der Waals surface area contributed by atoms with E-state index in [-0.39, 0.29) is 29.3 Å². The molecule has 26 heavy (non-hydrogen) atoms. The first kappa shape index (κ1) is 18.0. The zero-order valence-electron chi connectivity index (χ0n) is 16.1. The summed E-state index contributed by atoms with van der Waals surface area (Å²) in [4.78, 5) is 2.69. The summed E-state index contributed by atoms with van der Waals surface area (Å²) in [6.45, 7) is 10.2. The summed E-state index contributed by atoms with van der Waals surface area (Å²) < 4.78 is 6.48. The lowest BCUT2D eigenvalue weighted by molar-refractivity contribution is -0.276. The minimum absolute atomic E-state index is 0. The number of piperidine rings is 1. The molecule has 2 heterocycles. The van der Waals surface area contributed by atoms with E-state index in [1.54, 1.807) is 0 Å². The second kappa shape index (κ2) is 5.49. The van der Waals surface area contributed by atoms with Gasteiger partial charge in [-0.05, 0) is 73.7 Å². The summed E-state index contributed by atoms with van der Waals surface area (Å²) in [5.41, 5.74) is 2.03. The Morgan fingerprint density at radius 2 is 2.00 bits per heavy atom. The van der Waals surface area contributed by atoms with Crippen molar-refractivity contribution >= 4 is 12.4 Å². The van der Waals surface area contributed by atoms with E-state index in [2.05, 4.69) is 18.4 Å². The molecule has 6 rings (SSSR count). The van der Waals surface area contributed by atoms with Gasteiger partial charge in [0.25, 0.3) is 0 Å². The lowest BCUT2D eigenvalue weighted by Crippen LogP contribution is -2.71. The van der Waals surface area contributed by atoms with Gasteiger partial charge in [-0.1, -0.05) is 19.9 Å². The summed E-state index contributed by atoms with van der Waals surface area (Å²) in [6, 6.07) is 0. The molecule has 8 atom stereocenters. The van der Waals surface area contributed by atoms with Crippen molar-refractivity contribution in [3.8, 4) is 0 Å². The Kier molecular flexibility index (Phi) is 3.80. The third-order valence-electron chi connectivity index (χ3n) is 9.95. The van der Waals surface area contributed by atoms with Crippen LogP contribution in [0, 0.1) is 34.0 Å². The summed E-state index contributed by atoms with van der Waals surface area (Å²) >= 11 is 0. The number of ether oxygens (including phenoxy) is 1. The van der Waals surface area contributed by atoms with E-state index in [9.17, 15) is 5.11 Å². The molecular weight excluding hydrogens is 346 g/mol. The minimum Gasteiger partial charge on any atom is -0.388 e. The first-order valence-electron chi connectivity index (χ1n) is 10.7. The molecule has 1 spiro atoms. The van der Waals surface area contributed by atoms with Crippen molar-refractivity contribution in [2.24, 2.45) is 34.0 Å². The maximum atomic E-state index is 11.3. The van der Waals surface area contributed by atoms with Crippen LogP contribution in [-0.4, -0.2) is 42.0 Å². The van der Waals surface area contributed by atoms with Crippen LogP contribution in [0.25, 0.3) is 0 Å². The topological polar surface area (TPSA) is 32.7 Å². The van der Waals surface area contributed by atoms with Crippen LogP contribution in [0.4, 0.5) is 0 Å². The summed E-state index contributed by atoms with van der Waals surface area (Å²) in [6.07, 6.45) is 10.4. The van der Waals surface area contributed by atoms with Gasteiger partial charge in [-0.25, -0.2) is 0 Å². The van der Waals surface area contributed by atoms with Crippen molar-refractivity contribution in [2.75, 3.05) is 19.7 Å². The highest BCUT2D eigenvalue weighted by molar-refractivity contribution is 5.85.